The molecule has 3 nitrogen and oxygen atoms in total. The van der Waals surface area contributed by atoms with E-state index >= 15 is 0 Å². The van der Waals surface area contributed by atoms with Crippen molar-refractivity contribution in [2.24, 2.45) is 0 Å². The summed E-state index contributed by atoms with van der Waals surface area (Å²) < 4.78 is 6.53. The molecular weight excluding hydrogens is 308 g/mol. The standard InChI is InChI=1S/C15H19BrO3/c1-8-9(2)13(19-4)11(10(3)12(8)16)15(14(17)18)6-5-7-15/h5-7H2,1-4H3,(H,17,18). The molecule has 104 valence electrons. The minimum Gasteiger partial charge on any atom is -0.496 e. The Morgan fingerprint density at radius 3 is 2.16 bits per heavy atom. The topological polar surface area (TPSA) is 46.5 Å². The van der Waals surface area contributed by atoms with Crippen LogP contribution in [0.1, 0.15) is 41.5 Å². The van der Waals surface area contributed by atoms with E-state index in [1.54, 1.807) is 7.11 Å². The first-order chi connectivity index (χ1) is 8.86. The van der Waals surface area contributed by atoms with Gasteiger partial charge in [-0.1, -0.05) is 22.4 Å². The molecule has 0 unspecified atom stereocenters. The number of rotatable bonds is 3. The van der Waals surface area contributed by atoms with Gasteiger partial charge in [0.2, 0.25) is 0 Å². The molecule has 0 spiro atoms. The van der Waals surface area contributed by atoms with Crippen LogP contribution < -0.4 is 4.74 Å². The summed E-state index contributed by atoms with van der Waals surface area (Å²) in [5, 5.41) is 9.66. The van der Waals surface area contributed by atoms with Crippen molar-refractivity contribution in [3.63, 3.8) is 0 Å². The SMILES string of the molecule is COc1c(C)c(C)c(Br)c(C)c1C1(C(=O)O)CCC1. The first kappa shape index (κ1) is 14.4. The summed E-state index contributed by atoms with van der Waals surface area (Å²) in [7, 11) is 1.62. The number of carbonyl (C=O) groups is 1. The Balaban J connectivity index is 2.79. The molecular formula is C15H19BrO3. The van der Waals surface area contributed by atoms with Crippen molar-refractivity contribution in [1.29, 1.82) is 0 Å². The first-order valence-corrected chi connectivity index (χ1v) is 7.23. The number of carboxylic acid groups (broad SMARTS) is 1. The van der Waals surface area contributed by atoms with Crippen LogP contribution in [0, 0.1) is 20.8 Å². The van der Waals surface area contributed by atoms with Crippen molar-refractivity contribution in [2.75, 3.05) is 7.11 Å². The third-order valence-corrected chi connectivity index (χ3v) is 5.65. The van der Waals surface area contributed by atoms with Gasteiger partial charge in [-0.2, -0.15) is 0 Å². The zero-order valence-corrected chi connectivity index (χ0v) is 13.3. The maximum Gasteiger partial charge on any atom is 0.314 e. The summed E-state index contributed by atoms with van der Waals surface area (Å²) in [6.45, 7) is 5.97. The second kappa shape index (κ2) is 4.82. The Hall–Kier alpha value is -1.03. The van der Waals surface area contributed by atoms with E-state index in [-0.39, 0.29) is 0 Å². The Bertz CT molecular complexity index is 545. The molecule has 0 heterocycles. The maximum atomic E-state index is 11.8. The van der Waals surface area contributed by atoms with Gasteiger partial charge in [-0.25, -0.2) is 0 Å². The van der Waals surface area contributed by atoms with Crippen molar-refractivity contribution in [1.82, 2.24) is 0 Å². The van der Waals surface area contributed by atoms with Crippen LogP contribution in [0.4, 0.5) is 0 Å². The number of hydrogen-bond acceptors (Lipinski definition) is 2. The van der Waals surface area contributed by atoms with Gasteiger partial charge in [0, 0.05) is 10.0 Å². The molecule has 0 aromatic heterocycles. The predicted octanol–water partition coefficient (Wildman–Crippen LogP) is 3.89. The lowest BCUT2D eigenvalue weighted by Gasteiger charge is -2.40. The molecule has 0 bridgehead atoms. The van der Waals surface area contributed by atoms with Crippen LogP contribution in [0.3, 0.4) is 0 Å². The molecule has 2 rings (SSSR count). The molecule has 1 saturated carbocycles. The van der Waals surface area contributed by atoms with Crippen molar-refractivity contribution >= 4 is 21.9 Å². The van der Waals surface area contributed by atoms with Crippen molar-refractivity contribution < 1.29 is 14.6 Å². The molecule has 19 heavy (non-hydrogen) atoms. The summed E-state index contributed by atoms with van der Waals surface area (Å²) in [4.78, 5) is 11.8. The summed E-state index contributed by atoms with van der Waals surface area (Å²) in [5.41, 5.74) is 3.20. The molecule has 0 aliphatic heterocycles. The van der Waals surface area contributed by atoms with Gasteiger partial charge in [-0.15, -0.1) is 0 Å². The minimum absolute atomic E-state index is 0.689. The van der Waals surface area contributed by atoms with E-state index in [1.165, 1.54) is 0 Å². The summed E-state index contributed by atoms with van der Waals surface area (Å²) in [6, 6.07) is 0. The lowest BCUT2D eigenvalue weighted by Crippen LogP contribution is -2.43. The molecule has 1 fully saturated rings. The van der Waals surface area contributed by atoms with E-state index in [0.717, 1.165) is 38.9 Å². The van der Waals surface area contributed by atoms with Gasteiger partial charge in [0.05, 0.1) is 12.5 Å². The van der Waals surface area contributed by atoms with Crippen molar-refractivity contribution in [2.45, 2.75) is 45.4 Å². The Morgan fingerprint density at radius 1 is 1.21 bits per heavy atom. The van der Waals surface area contributed by atoms with Gasteiger partial charge < -0.3 is 9.84 Å². The number of benzene rings is 1. The smallest absolute Gasteiger partial charge is 0.314 e. The number of halogens is 1. The Kier molecular flexibility index (Phi) is 3.65. The van der Waals surface area contributed by atoms with Gasteiger partial charge in [0.25, 0.3) is 0 Å². The Labute approximate surface area is 122 Å². The van der Waals surface area contributed by atoms with E-state index in [2.05, 4.69) is 15.9 Å². The highest BCUT2D eigenvalue weighted by atomic mass is 79.9. The minimum atomic E-state index is -0.767. The normalized spacial score (nSPS) is 16.9. The van der Waals surface area contributed by atoms with Crippen LogP contribution in [0.25, 0.3) is 0 Å². The highest BCUT2D eigenvalue weighted by Crippen LogP contribution is 2.51. The molecule has 1 aliphatic rings. The van der Waals surface area contributed by atoms with E-state index in [4.69, 9.17) is 4.74 Å². The predicted molar refractivity (Wildman–Crippen MR) is 78.1 cm³/mol. The lowest BCUT2D eigenvalue weighted by atomic mass is 9.62. The number of carboxylic acids is 1. The van der Waals surface area contributed by atoms with Crippen LogP contribution >= 0.6 is 15.9 Å². The second-order valence-corrected chi connectivity index (χ2v) is 6.13. The zero-order chi connectivity index (χ0) is 14.4. The van der Waals surface area contributed by atoms with Gasteiger partial charge in [-0.3, -0.25) is 4.79 Å². The first-order valence-electron chi connectivity index (χ1n) is 6.44. The highest BCUT2D eigenvalue weighted by Gasteiger charge is 2.49. The van der Waals surface area contributed by atoms with Gasteiger partial charge in [-0.05, 0) is 50.3 Å². The van der Waals surface area contributed by atoms with Crippen LogP contribution in [-0.2, 0) is 10.2 Å². The van der Waals surface area contributed by atoms with Crippen molar-refractivity contribution in [3.05, 3.63) is 26.7 Å². The summed E-state index contributed by atoms with van der Waals surface area (Å²) in [6.07, 6.45) is 2.34. The molecule has 0 radical (unpaired) electrons. The highest BCUT2D eigenvalue weighted by molar-refractivity contribution is 9.10. The molecule has 4 heteroatoms. The molecule has 1 aromatic rings. The fraction of sp³-hybridized carbons (Fsp3) is 0.533. The lowest BCUT2D eigenvalue weighted by molar-refractivity contribution is -0.147. The van der Waals surface area contributed by atoms with Crippen LogP contribution in [0.5, 0.6) is 5.75 Å². The van der Waals surface area contributed by atoms with Crippen LogP contribution in [0.2, 0.25) is 0 Å². The summed E-state index contributed by atoms with van der Waals surface area (Å²) >= 11 is 3.59. The van der Waals surface area contributed by atoms with E-state index in [9.17, 15) is 9.90 Å². The quantitative estimate of drug-likeness (QED) is 0.916. The number of methoxy groups -OCH3 is 1. The van der Waals surface area contributed by atoms with Gasteiger partial charge in [0.15, 0.2) is 0 Å². The third-order valence-electron chi connectivity index (χ3n) is 4.46. The average Bonchev–Trinajstić information content (AvgIpc) is 2.31. The molecule has 0 saturated heterocycles. The molecule has 1 aliphatic carbocycles. The second-order valence-electron chi connectivity index (χ2n) is 5.34. The summed E-state index contributed by atoms with van der Waals surface area (Å²) in [5.74, 6) is -0.00407. The Morgan fingerprint density at radius 2 is 1.79 bits per heavy atom. The fourth-order valence-electron chi connectivity index (χ4n) is 3.02. The van der Waals surface area contributed by atoms with Crippen LogP contribution in [-0.4, -0.2) is 18.2 Å². The van der Waals surface area contributed by atoms with Gasteiger partial charge in [0.1, 0.15) is 5.75 Å². The maximum absolute atomic E-state index is 11.8. The third kappa shape index (κ3) is 1.88. The number of hydrogen-bond donors (Lipinski definition) is 1. The fourth-order valence-corrected chi connectivity index (χ4v) is 3.51. The van der Waals surface area contributed by atoms with Crippen LogP contribution in [0.15, 0.2) is 4.47 Å². The van der Waals surface area contributed by atoms with E-state index in [0.29, 0.717) is 12.8 Å². The monoisotopic (exact) mass is 326 g/mol. The number of ether oxygens (including phenoxy) is 1. The van der Waals surface area contributed by atoms with E-state index < -0.39 is 11.4 Å². The molecule has 1 N–H and O–H groups in total. The zero-order valence-electron chi connectivity index (χ0n) is 11.8. The molecule has 0 amide bonds. The number of aliphatic carboxylic acids is 1. The van der Waals surface area contributed by atoms with E-state index in [1.807, 2.05) is 20.8 Å². The van der Waals surface area contributed by atoms with Crippen molar-refractivity contribution in [3.8, 4) is 5.75 Å². The molecule has 0 atom stereocenters. The largest absolute Gasteiger partial charge is 0.496 e. The average molecular weight is 327 g/mol. The van der Waals surface area contributed by atoms with Gasteiger partial charge >= 0.3 is 5.97 Å². The molecule has 1 aromatic carbocycles.